The number of aryl methyl sites for hydroxylation is 1. The van der Waals surface area contributed by atoms with Crippen molar-refractivity contribution in [3.05, 3.63) is 98.2 Å². The number of aromatic nitrogens is 2. The summed E-state index contributed by atoms with van der Waals surface area (Å²) in [7, 11) is 0. The monoisotopic (exact) mass is 392 g/mol. The smallest absolute Gasteiger partial charge is 0.251 e. The van der Waals surface area contributed by atoms with Crippen molar-refractivity contribution in [2.75, 3.05) is 0 Å². The number of benzene rings is 2. The van der Waals surface area contributed by atoms with Gasteiger partial charge in [0.05, 0.1) is 12.1 Å². The second-order valence-corrected chi connectivity index (χ2v) is 6.82. The van der Waals surface area contributed by atoms with Crippen LogP contribution in [0, 0.1) is 11.7 Å². The summed E-state index contributed by atoms with van der Waals surface area (Å²) in [5.74, 6) is -0.339. The molecule has 0 radical (unpaired) electrons. The Kier molecular flexibility index (Phi) is 6.29. The van der Waals surface area contributed by atoms with Crippen LogP contribution in [0.4, 0.5) is 0 Å². The van der Waals surface area contributed by atoms with Gasteiger partial charge < -0.3 is 4.98 Å². The van der Waals surface area contributed by atoms with Crippen LogP contribution in [0.2, 0.25) is 0 Å². The lowest BCUT2D eigenvalue weighted by molar-refractivity contribution is -0.120. The van der Waals surface area contributed by atoms with E-state index in [9.17, 15) is 9.59 Å². The lowest BCUT2D eigenvalue weighted by Crippen LogP contribution is -2.24. The standard InChI is InChI=1S/C21H20N4O2S/c1-14-7-9-16(10-8-14)18(11-15-5-3-2-4-6-15)24-25-20(27)13-17-12-19(26)23-21(28)22-17/h2-10,12H,11,13H2,1H3,(H,25,27)(H2,22,23,26,28)/b24-18+. The van der Waals surface area contributed by atoms with E-state index >= 15 is 0 Å². The maximum atomic E-state index is 12.3. The number of amides is 1. The number of hydrogen-bond acceptors (Lipinski definition) is 4. The first kappa shape index (κ1) is 19.4. The summed E-state index contributed by atoms with van der Waals surface area (Å²) in [5, 5.41) is 4.35. The van der Waals surface area contributed by atoms with E-state index in [4.69, 9.17) is 12.2 Å². The molecule has 1 aromatic heterocycles. The summed E-state index contributed by atoms with van der Waals surface area (Å²) in [5.41, 5.74) is 6.60. The highest BCUT2D eigenvalue weighted by Gasteiger charge is 2.08. The number of hydrogen-bond donors (Lipinski definition) is 3. The lowest BCUT2D eigenvalue weighted by Gasteiger charge is -2.09. The Bertz CT molecular complexity index is 1070. The van der Waals surface area contributed by atoms with Gasteiger partial charge in [-0.05, 0) is 30.3 Å². The molecule has 1 heterocycles. The van der Waals surface area contributed by atoms with Crippen molar-refractivity contribution < 1.29 is 4.79 Å². The third kappa shape index (κ3) is 5.59. The summed E-state index contributed by atoms with van der Waals surface area (Å²) < 4.78 is 0.184. The van der Waals surface area contributed by atoms with E-state index in [2.05, 4.69) is 20.5 Å². The maximum absolute atomic E-state index is 12.3. The van der Waals surface area contributed by atoms with Crippen LogP contribution < -0.4 is 11.0 Å². The molecule has 0 unspecified atom stereocenters. The minimum Gasteiger partial charge on any atom is -0.335 e. The fourth-order valence-electron chi connectivity index (χ4n) is 2.70. The van der Waals surface area contributed by atoms with Gasteiger partial charge in [0.15, 0.2) is 4.77 Å². The van der Waals surface area contributed by atoms with Gasteiger partial charge in [0.1, 0.15) is 0 Å². The fraction of sp³-hybridized carbons (Fsp3) is 0.143. The molecule has 0 aliphatic rings. The Labute approximate surface area is 167 Å². The molecule has 0 fully saturated rings. The zero-order valence-electron chi connectivity index (χ0n) is 15.4. The Morgan fingerprint density at radius 3 is 2.43 bits per heavy atom. The van der Waals surface area contributed by atoms with E-state index < -0.39 is 0 Å². The summed E-state index contributed by atoms with van der Waals surface area (Å²) >= 11 is 4.92. The molecule has 0 bridgehead atoms. The van der Waals surface area contributed by atoms with Gasteiger partial charge >= 0.3 is 0 Å². The summed E-state index contributed by atoms with van der Waals surface area (Å²) in [6.07, 6.45) is 0.557. The number of carbonyl (C=O) groups is 1. The fourth-order valence-corrected chi connectivity index (χ4v) is 2.93. The molecule has 0 saturated carbocycles. The van der Waals surface area contributed by atoms with Crippen LogP contribution in [0.25, 0.3) is 0 Å². The van der Waals surface area contributed by atoms with E-state index in [-0.39, 0.29) is 22.7 Å². The lowest BCUT2D eigenvalue weighted by atomic mass is 10.0. The van der Waals surface area contributed by atoms with Crippen molar-refractivity contribution >= 4 is 23.8 Å². The summed E-state index contributed by atoms with van der Waals surface area (Å²) in [6, 6.07) is 19.2. The van der Waals surface area contributed by atoms with E-state index in [1.807, 2.05) is 61.5 Å². The zero-order valence-corrected chi connectivity index (χ0v) is 16.2. The minimum absolute atomic E-state index is 0.0242. The number of nitrogens with zero attached hydrogens (tertiary/aromatic N) is 1. The van der Waals surface area contributed by atoms with Crippen LogP contribution in [0.3, 0.4) is 0 Å². The molecular formula is C21H20N4O2S. The van der Waals surface area contributed by atoms with Crippen molar-refractivity contribution in [2.45, 2.75) is 19.8 Å². The van der Waals surface area contributed by atoms with E-state index in [0.29, 0.717) is 12.1 Å². The van der Waals surface area contributed by atoms with Crippen molar-refractivity contribution in [3.63, 3.8) is 0 Å². The molecular weight excluding hydrogens is 372 g/mol. The second-order valence-electron chi connectivity index (χ2n) is 6.41. The molecule has 142 valence electrons. The van der Waals surface area contributed by atoms with E-state index in [0.717, 1.165) is 22.4 Å². The second kappa shape index (κ2) is 9.05. The number of carbonyl (C=O) groups excluding carboxylic acids is 1. The van der Waals surface area contributed by atoms with Crippen LogP contribution in [-0.2, 0) is 17.6 Å². The van der Waals surface area contributed by atoms with Gasteiger partial charge in [-0.15, -0.1) is 0 Å². The van der Waals surface area contributed by atoms with Crippen molar-refractivity contribution in [3.8, 4) is 0 Å². The predicted molar refractivity (Wildman–Crippen MR) is 112 cm³/mol. The van der Waals surface area contributed by atoms with Gasteiger partial charge in [0.25, 0.3) is 5.56 Å². The van der Waals surface area contributed by atoms with Crippen LogP contribution >= 0.6 is 12.2 Å². The zero-order chi connectivity index (χ0) is 19.9. The average Bonchev–Trinajstić information content (AvgIpc) is 2.66. The molecule has 3 N–H and O–H groups in total. The van der Waals surface area contributed by atoms with Gasteiger partial charge in [0.2, 0.25) is 5.91 Å². The first-order valence-corrected chi connectivity index (χ1v) is 9.19. The number of rotatable bonds is 6. The highest BCUT2D eigenvalue weighted by molar-refractivity contribution is 7.71. The molecule has 28 heavy (non-hydrogen) atoms. The minimum atomic E-state index is -0.348. The Hall–Kier alpha value is -3.32. The Morgan fingerprint density at radius 2 is 1.75 bits per heavy atom. The van der Waals surface area contributed by atoms with Gasteiger partial charge in [-0.25, -0.2) is 5.43 Å². The first-order valence-electron chi connectivity index (χ1n) is 8.78. The largest absolute Gasteiger partial charge is 0.335 e. The van der Waals surface area contributed by atoms with Gasteiger partial charge in [-0.1, -0.05) is 60.2 Å². The van der Waals surface area contributed by atoms with Crippen molar-refractivity contribution in [2.24, 2.45) is 5.10 Å². The molecule has 0 aliphatic heterocycles. The molecule has 2 aromatic carbocycles. The third-order valence-electron chi connectivity index (χ3n) is 4.08. The van der Waals surface area contributed by atoms with Crippen LogP contribution in [0.5, 0.6) is 0 Å². The van der Waals surface area contributed by atoms with E-state index in [1.54, 1.807) is 0 Å². The van der Waals surface area contributed by atoms with Crippen molar-refractivity contribution in [1.82, 2.24) is 15.4 Å². The first-order chi connectivity index (χ1) is 13.5. The molecule has 0 saturated heterocycles. The normalized spacial score (nSPS) is 11.2. The van der Waals surface area contributed by atoms with Gasteiger partial charge in [-0.2, -0.15) is 5.10 Å². The summed E-state index contributed by atoms with van der Waals surface area (Å²) in [4.78, 5) is 29.0. The molecule has 3 rings (SSSR count). The van der Waals surface area contributed by atoms with Crippen LogP contribution in [-0.4, -0.2) is 21.6 Å². The van der Waals surface area contributed by atoms with Crippen molar-refractivity contribution in [1.29, 1.82) is 0 Å². The Balaban J connectivity index is 1.79. The topological polar surface area (TPSA) is 90.1 Å². The Morgan fingerprint density at radius 1 is 1.04 bits per heavy atom. The van der Waals surface area contributed by atoms with Crippen LogP contribution in [0.1, 0.15) is 22.4 Å². The van der Waals surface area contributed by atoms with Gasteiger partial charge in [0, 0.05) is 18.2 Å². The molecule has 0 atom stereocenters. The number of hydrazone groups is 1. The SMILES string of the molecule is Cc1ccc(/C(Cc2ccccc2)=N/NC(=O)Cc2cc(=O)[nH]c(=S)[nH]2)cc1. The third-order valence-corrected chi connectivity index (χ3v) is 4.29. The maximum Gasteiger partial charge on any atom is 0.251 e. The molecule has 0 spiro atoms. The predicted octanol–water partition coefficient (Wildman–Crippen LogP) is 3.05. The highest BCUT2D eigenvalue weighted by atomic mass is 32.1. The number of aromatic amines is 2. The molecule has 7 heteroatoms. The quantitative estimate of drug-likeness (QED) is 0.342. The molecule has 3 aromatic rings. The van der Waals surface area contributed by atoms with Gasteiger partial charge in [-0.3, -0.25) is 14.6 Å². The van der Waals surface area contributed by atoms with E-state index in [1.165, 1.54) is 6.07 Å². The average molecular weight is 392 g/mol. The number of nitrogens with one attached hydrogen (secondary N) is 3. The number of H-pyrrole nitrogens is 2. The molecule has 6 nitrogen and oxygen atoms in total. The van der Waals surface area contributed by atoms with Crippen LogP contribution in [0.15, 0.2) is 70.6 Å². The summed E-state index contributed by atoms with van der Waals surface area (Å²) in [6.45, 7) is 2.02. The molecule has 0 aliphatic carbocycles. The highest BCUT2D eigenvalue weighted by Crippen LogP contribution is 2.10. The molecule has 1 amide bonds.